The van der Waals surface area contributed by atoms with E-state index in [0.29, 0.717) is 6.04 Å². The summed E-state index contributed by atoms with van der Waals surface area (Å²) in [4.78, 5) is 2.43. The Kier molecular flexibility index (Phi) is 4.37. The maximum absolute atomic E-state index is 5.30. The lowest BCUT2D eigenvalue weighted by Gasteiger charge is -2.27. The smallest absolute Gasteiger partial charge is 0.169 e. The molecule has 0 amide bonds. The third-order valence-corrected chi connectivity index (χ3v) is 3.91. The van der Waals surface area contributed by atoms with Crippen LogP contribution in [0.4, 0.5) is 0 Å². The van der Waals surface area contributed by atoms with Crippen molar-refractivity contribution >= 4 is 0 Å². The number of hydrogen-bond donors (Lipinski definition) is 0. The van der Waals surface area contributed by atoms with Crippen LogP contribution in [0.5, 0.6) is 0 Å². The number of aryl methyl sites for hydroxylation is 1. The van der Waals surface area contributed by atoms with Crippen LogP contribution in [-0.4, -0.2) is 48.3 Å². The molecule has 1 fully saturated rings. The van der Waals surface area contributed by atoms with Gasteiger partial charge in [0.25, 0.3) is 0 Å². The normalized spacial score (nSPS) is 21.1. The highest BCUT2D eigenvalue weighted by Gasteiger charge is 2.30. The van der Waals surface area contributed by atoms with E-state index in [4.69, 9.17) is 9.47 Å². The highest BCUT2D eigenvalue weighted by Crippen LogP contribution is 2.33. The van der Waals surface area contributed by atoms with E-state index in [-0.39, 0.29) is 6.29 Å². The van der Waals surface area contributed by atoms with Crippen LogP contribution in [0.1, 0.15) is 30.1 Å². The van der Waals surface area contributed by atoms with Crippen molar-refractivity contribution in [2.45, 2.75) is 32.1 Å². The molecule has 0 N–H and O–H groups in total. The van der Waals surface area contributed by atoms with Gasteiger partial charge in [-0.25, -0.2) is 0 Å². The molecule has 1 saturated heterocycles. The number of methoxy groups -OCH3 is 2. The first-order valence-corrected chi connectivity index (χ1v) is 6.45. The third kappa shape index (κ3) is 2.58. The van der Waals surface area contributed by atoms with Gasteiger partial charge >= 0.3 is 0 Å². The van der Waals surface area contributed by atoms with Gasteiger partial charge in [0.15, 0.2) is 6.29 Å². The Hall–Kier alpha value is -0.910. The zero-order chi connectivity index (χ0) is 13.1. The van der Waals surface area contributed by atoms with Crippen LogP contribution in [0.2, 0.25) is 0 Å². The molecule has 0 spiro atoms. The highest BCUT2D eigenvalue weighted by atomic mass is 16.7. The summed E-state index contributed by atoms with van der Waals surface area (Å²) < 4.78 is 12.5. The maximum atomic E-state index is 5.30. The van der Waals surface area contributed by atoms with E-state index < -0.39 is 0 Å². The summed E-state index contributed by atoms with van der Waals surface area (Å²) in [6.45, 7) is 4.04. The summed E-state index contributed by atoms with van der Waals surface area (Å²) in [6.07, 6.45) is 4.25. The molecular formula is C13H23N3O2. The molecule has 0 aromatic carbocycles. The molecule has 0 unspecified atom stereocenters. The number of ether oxygens (including phenoxy) is 2. The fourth-order valence-corrected chi connectivity index (χ4v) is 2.68. The zero-order valence-corrected chi connectivity index (χ0v) is 11.7. The van der Waals surface area contributed by atoms with Crippen LogP contribution in [0, 0.1) is 6.92 Å². The second-order valence-corrected chi connectivity index (χ2v) is 4.86. The minimum atomic E-state index is -0.150. The van der Waals surface area contributed by atoms with E-state index >= 15 is 0 Å². The van der Waals surface area contributed by atoms with E-state index in [0.717, 1.165) is 13.1 Å². The molecule has 0 aliphatic carbocycles. The Morgan fingerprint density at radius 2 is 2.17 bits per heavy atom. The van der Waals surface area contributed by atoms with Gasteiger partial charge in [0, 0.05) is 38.6 Å². The zero-order valence-electron chi connectivity index (χ0n) is 11.7. The Morgan fingerprint density at radius 3 is 2.72 bits per heavy atom. The molecule has 1 aliphatic rings. The number of likely N-dealkylation sites (tertiary alicyclic amines) is 1. The van der Waals surface area contributed by atoms with Crippen LogP contribution in [0.15, 0.2) is 6.20 Å². The molecule has 2 rings (SSSR count). The summed E-state index contributed by atoms with van der Waals surface area (Å²) in [6, 6.07) is 0.450. The standard InChI is InChI=1S/C13H23N3O2/c1-10-11(8-14-15(10)2)12-6-5-7-16(12)9-13(17-3)18-4/h8,12-13H,5-7,9H2,1-4H3/t12-/m1/s1. The number of aromatic nitrogens is 2. The van der Waals surface area contributed by atoms with Crippen molar-refractivity contribution in [3.05, 3.63) is 17.5 Å². The Balaban J connectivity index is 2.10. The van der Waals surface area contributed by atoms with Crippen LogP contribution >= 0.6 is 0 Å². The van der Waals surface area contributed by atoms with E-state index in [1.54, 1.807) is 14.2 Å². The van der Waals surface area contributed by atoms with Gasteiger partial charge in [-0.3, -0.25) is 9.58 Å². The topological polar surface area (TPSA) is 39.5 Å². The number of rotatable bonds is 5. The third-order valence-electron chi connectivity index (χ3n) is 3.91. The maximum Gasteiger partial charge on any atom is 0.169 e. The second-order valence-electron chi connectivity index (χ2n) is 4.86. The Bertz CT molecular complexity index is 388. The summed E-state index contributed by atoms with van der Waals surface area (Å²) >= 11 is 0. The van der Waals surface area contributed by atoms with Crippen molar-refractivity contribution in [2.24, 2.45) is 7.05 Å². The fraction of sp³-hybridized carbons (Fsp3) is 0.769. The van der Waals surface area contributed by atoms with Gasteiger partial charge in [0.1, 0.15) is 0 Å². The summed E-state index contributed by atoms with van der Waals surface area (Å²) in [5.41, 5.74) is 2.58. The van der Waals surface area contributed by atoms with Gasteiger partial charge in [-0.15, -0.1) is 0 Å². The predicted molar refractivity (Wildman–Crippen MR) is 69.3 cm³/mol. The van der Waals surface area contributed by atoms with Gasteiger partial charge in [0.2, 0.25) is 0 Å². The quantitative estimate of drug-likeness (QED) is 0.745. The van der Waals surface area contributed by atoms with Crippen molar-refractivity contribution in [3.8, 4) is 0 Å². The summed E-state index contributed by atoms with van der Waals surface area (Å²) in [5.74, 6) is 0. The van der Waals surface area contributed by atoms with E-state index in [2.05, 4.69) is 16.9 Å². The van der Waals surface area contributed by atoms with Crippen LogP contribution in [-0.2, 0) is 16.5 Å². The van der Waals surface area contributed by atoms with Crippen molar-refractivity contribution in [2.75, 3.05) is 27.3 Å². The van der Waals surface area contributed by atoms with Crippen LogP contribution < -0.4 is 0 Å². The van der Waals surface area contributed by atoms with Gasteiger partial charge < -0.3 is 9.47 Å². The Labute approximate surface area is 109 Å². The largest absolute Gasteiger partial charge is 0.355 e. The monoisotopic (exact) mass is 253 g/mol. The molecule has 1 aromatic heterocycles. The number of nitrogens with zero attached hydrogens (tertiary/aromatic N) is 3. The van der Waals surface area contributed by atoms with Crippen LogP contribution in [0.25, 0.3) is 0 Å². The molecule has 1 atom stereocenters. The van der Waals surface area contributed by atoms with E-state index in [1.807, 2.05) is 17.9 Å². The molecule has 5 nitrogen and oxygen atoms in total. The lowest BCUT2D eigenvalue weighted by Crippen LogP contribution is -2.34. The fourth-order valence-electron chi connectivity index (χ4n) is 2.68. The van der Waals surface area contributed by atoms with Gasteiger partial charge in [-0.1, -0.05) is 0 Å². The van der Waals surface area contributed by atoms with Gasteiger partial charge in [-0.2, -0.15) is 5.10 Å². The SMILES string of the molecule is COC(CN1CCC[C@@H]1c1cnn(C)c1C)OC. The van der Waals surface area contributed by atoms with Crippen molar-refractivity contribution in [1.82, 2.24) is 14.7 Å². The average Bonchev–Trinajstić information content (AvgIpc) is 2.95. The first-order chi connectivity index (χ1) is 8.67. The molecule has 18 heavy (non-hydrogen) atoms. The van der Waals surface area contributed by atoms with E-state index in [1.165, 1.54) is 24.1 Å². The molecule has 5 heteroatoms. The first kappa shape index (κ1) is 13.5. The predicted octanol–water partition coefficient (Wildman–Crippen LogP) is 1.48. The van der Waals surface area contributed by atoms with Gasteiger partial charge in [0.05, 0.1) is 12.7 Å². The summed E-state index contributed by atoms with van der Waals surface area (Å²) in [7, 11) is 5.37. The lowest BCUT2D eigenvalue weighted by atomic mass is 10.1. The number of hydrogen-bond acceptors (Lipinski definition) is 4. The molecule has 1 aliphatic heterocycles. The average molecular weight is 253 g/mol. The lowest BCUT2D eigenvalue weighted by molar-refractivity contribution is -0.117. The van der Waals surface area contributed by atoms with Crippen LogP contribution in [0.3, 0.4) is 0 Å². The highest BCUT2D eigenvalue weighted by molar-refractivity contribution is 5.21. The molecule has 2 heterocycles. The first-order valence-electron chi connectivity index (χ1n) is 6.45. The molecule has 102 valence electrons. The van der Waals surface area contributed by atoms with E-state index in [9.17, 15) is 0 Å². The second kappa shape index (κ2) is 5.82. The molecule has 0 saturated carbocycles. The molecule has 0 radical (unpaired) electrons. The molecule has 0 bridgehead atoms. The van der Waals surface area contributed by atoms with Crippen molar-refractivity contribution in [1.29, 1.82) is 0 Å². The Morgan fingerprint density at radius 1 is 1.44 bits per heavy atom. The minimum Gasteiger partial charge on any atom is -0.355 e. The van der Waals surface area contributed by atoms with Crippen molar-refractivity contribution in [3.63, 3.8) is 0 Å². The minimum absolute atomic E-state index is 0.150. The van der Waals surface area contributed by atoms with Gasteiger partial charge in [-0.05, 0) is 26.3 Å². The molecule has 1 aromatic rings. The summed E-state index contributed by atoms with van der Waals surface area (Å²) in [5, 5.41) is 4.34. The van der Waals surface area contributed by atoms with Crippen molar-refractivity contribution < 1.29 is 9.47 Å². The molecular weight excluding hydrogens is 230 g/mol.